The van der Waals surface area contributed by atoms with E-state index in [1.807, 2.05) is 0 Å². The summed E-state index contributed by atoms with van der Waals surface area (Å²) in [6, 6.07) is 88.8. The highest BCUT2D eigenvalue weighted by Gasteiger charge is 2.19. The third-order valence-corrected chi connectivity index (χ3v) is 11.9. The van der Waals surface area contributed by atoms with Crippen LogP contribution < -0.4 is 4.90 Å². The first kappa shape index (κ1) is 36.8. The van der Waals surface area contributed by atoms with Crippen LogP contribution in [0.15, 0.2) is 253 Å². The Kier molecular flexibility index (Phi) is 9.57. The van der Waals surface area contributed by atoms with E-state index in [0.29, 0.717) is 0 Å². The molecule has 0 fully saturated rings. The van der Waals surface area contributed by atoms with Gasteiger partial charge in [0.25, 0.3) is 0 Å². The van der Waals surface area contributed by atoms with E-state index in [1.54, 1.807) is 0 Å². The Morgan fingerprint density at radius 3 is 1.13 bits per heavy atom. The molecule has 11 rings (SSSR count). The predicted molar refractivity (Wildman–Crippen MR) is 261 cm³/mol. The molecule has 2 nitrogen and oxygen atoms in total. The molecule has 62 heavy (non-hydrogen) atoms. The summed E-state index contributed by atoms with van der Waals surface area (Å²) in [6.45, 7) is 0. The van der Waals surface area contributed by atoms with Crippen LogP contribution >= 0.6 is 0 Å². The average Bonchev–Trinajstić information content (AvgIpc) is 3.75. The van der Waals surface area contributed by atoms with Gasteiger partial charge in [-0.3, -0.25) is 0 Å². The molecule has 0 saturated carbocycles. The summed E-state index contributed by atoms with van der Waals surface area (Å²) in [4.78, 5) is 2.33. The molecule has 0 atom stereocenters. The van der Waals surface area contributed by atoms with Gasteiger partial charge in [0.05, 0.1) is 0 Å². The average molecular weight is 792 g/mol. The number of furan rings is 1. The van der Waals surface area contributed by atoms with E-state index in [4.69, 9.17) is 4.42 Å². The molecule has 0 spiro atoms. The molecule has 1 heterocycles. The lowest BCUT2D eigenvalue weighted by atomic mass is 9.93. The molecular formula is C60H41NO. The van der Waals surface area contributed by atoms with Gasteiger partial charge in [0.15, 0.2) is 0 Å². The monoisotopic (exact) mass is 791 g/mol. The summed E-state index contributed by atoms with van der Waals surface area (Å²) in [7, 11) is 0. The molecule has 0 bridgehead atoms. The number of fused-ring (bicyclic) bond motifs is 3. The lowest BCUT2D eigenvalue weighted by molar-refractivity contribution is 0.671. The lowest BCUT2D eigenvalue weighted by Gasteiger charge is -2.26. The smallest absolute Gasteiger partial charge is 0.143 e. The molecule has 0 amide bonds. The Morgan fingerprint density at radius 1 is 0.226 bits per heavy atom. The summed E-state index contributed by atoms with van der Waals surface area (Å²) in [6.07, 6.45) is 0. The Bertz CT molecular complexity index is 3200. The van der Waals surface area contributed by atoms with Gasteiger partial charge in [-0.2, -0.15) is 0 Å². The Hall–Kier alpha value is -8.20. The lowest BCUT2D eigenvalue weighted by Crippen LogP contribution is -2.09. The van der Waals surface area contributed by atoms with Crippen LogP contribution in [0.25, 0.3) is 88.7 Å². The highest BCUT2D eigenvalue weighted by Crippen LogP contribution is 2.44. The van der Waals surface area contributed by atoms with Crippen LogP contribution in [0.3, 0.4) is 0 Å². The van der Waals surface area contributed by atoms with E-state index in [-0.39, 0.29) is 0 Å². The van der Waals surface area contributed by atoms with Crippen LogP contribution in [-0.4, -0.2) is 0 Å². The normalized spacial score (nSPS) is 11.2. The zero-order valence-corrected chi connectivity index (χ0v) is 34.0. The third kappa shape index (κ3) is 7.04. The first-order valence-corrected chi connectivity index (χ1v) is 21.2. The van der Waals surface area contributed by atoms with Crippen molar-refractivity contribution in [1.82, 2.24) is 0 Å². The molecular weight excluding hydrogens is 751 g/mol. The molecule has 0 N–H and O–H groups in total. The minimum Gasteiger partial charge on any atom is -0.455 e. The van der Waals surface area contributed by atoms with Crippen molar-refractivity contribution in [3.63, 3.8) is 0 Å². The summed E-state index contributed by atoms with van der Waals surface area (Å²) in [5.74, 6) is 0. The SMILES string of the molecule is c1ccc(-c2ccc(N(c3ccc(-c4ccccc4)cc3)c3ccc(-c4cccc(-c5cc(-c6ccccc6)cc6c5oc5c(-c7ccccc7)cccc56)c4)cc3)cc2)cc1. The predicted octanol–water partition coefficient (Wildman–Crippen LogP) is 17.1. The van der Waals surface area contributed by atoms with Gasteiger partial charge in [-0.1, -0.05) is 194 Å². The van der Waals surface area contributed by atoms with Gasteiger partial charge < -0.3 is 9.32 Å². The molecule has 0 unspecified atom stereocenters. The van der Waals surface area contributed by atoms with E-state index in [9.17, 15) is 0 Å². The summed E-state index contributed by atoms with van der Waals surface area (Å²) >= 11 is 0. The Morgan fingerprint density at radius 2 is 0.613 bits per heavy atom. The van der Waals surface area contributed by atoms with Crippen molar-refractivity contribution in [2.45, 2.75) is 0 Å². The van der Waals surface area contributed by atoms with Gasteiger partial charge in [-0.25, -0.2) is 0 Å². The Labute approximate surface area is 362 Å². The van der Waals surface area contributed by atoms with Crippen molar-refractivity contribution in [2.75, 3.05) is 4.90 Å². The van der Waals surface area contributed by atoms with E-state index in [1.165, 1.54) is 27.8 Å². The molecule has 1 aromatic heterocycles. The van der Waals surface area contributed by atoms with Gasteiger partial charge in [-0.05, 0) is 110 Å². The molecule has 292 valence electrons. The maximum atomic E-state index is 6.95. The summed E-state index contributed by atoms with van der Waals surface area (Å²) < 4.78 is 6.95. The van der Waals surface area contributed by atoms with Gasteiger partial charge >= 0.3 is 0 Å². The molecule has 0 saturated heterocycles. The van der Waals surface area contributed by atoms with E-state index in [2.05, 4.69) is 254 Å². The fourth-order valence-corrected chi connectivity index (χ4v) is 8.74. The summed E-state index contributed by atoms with van der Waals surface area (Å²) in [5.41, 5.74) is 18.9. The molecule has 0 radical (unpaired) electrons. The third-order valence-electron chi connectivity index (χ3n) is 11.9. The quantitative estimate of drug-likeness (QED) is 0.145. The highest BCUT2D eigenvalue weighted by molar-refractivity contribution is 6.14. The van der Waals surface area contributed by atoms with Crippen LogP contribution in [0.2, 0.25) is 0 Å². The second-order valence-electron chi connectivity index (χ2n) is 15.7. The maximum absolute atomic E-state index is 6.95. The largest absolute Gasteiger partial charge is 0.455 e. The maximum Gasteiger partial charge on any atom is 0.143 e. The number of hydrogen-bond acceptors (Lipinski definition) is 2. The van der Waals surface area contributed by atoms with Gasteiger partial charge in [-0.15, -0.1) is 0 Å². The van der Waals surface area contributed by atoms with Crippen molar-refractivity contribution < 1.29 is 4.42 Å². The number of anilines is 3. The fourth-order valence-electron chi connectivity index (χ4n) is 8.74. The first-order chi connectivity index (χ1) is 30.7. The number of nitrogens with zero attached hydrogens (tertiary/aromatic N) is 1. The van der Waals surface area contributed by atoms with Crippen molar-refractivity contribution >= 4 is 39.0 Å². The number of rotatable bonds is 9. The topological polar surface area (TPSA) is 16.4 Å². The van der Waals surface area contributed by atoms with Crippen LogP contribution in [0.5, 0.6) is 0 Å². The van der Waals surface area contributed by atoms with Gasteiger partial charge in [0, 0.05) is 39.0 Å². The van der Waals surface area contributed by atoms with Crippen LogP contribution in [0.1, 0.15) is 0 Å². The van der Waals surface area contributed by atoms with E-state index < -0.39 is 0 Å². The second-order valence-corrected chi connectivity index (χ2v) is 15.7. The van der Waals surface area contributed by atoms with Crippen LogP contribution in [0.4, 0.5) is 17.1 Å². The standard InChI is InChI=1S/C60H41NO/c1-5-15-42(16-6-1)45-27-33-52(34-28-45)61(53-35-29-46(30-36-53)43-17-7-2-8-18-43)54-37-31-47(32-38-54)49-23-13-24-50(39-49)57-40-51(44-19-9-3-10-20-44)41-58-56-26-14-25-55(59(56)62-60(57)58)48-21-11-4-12-22-48/h1-41H. The zero-order valence-electron chi connectivity index (χ0n) is 34.0. The van der Waals surface area contributed by atoms with Crippen molar-refractivity contribution in [3.05, 3.63) is 249 Å². The van der Waals surface area contributed by atoms with E-state index >= 15 is 0 Å². The molecule has 2 heteroatoms. The van der Waals surface area contributed by atoms with Gasteiger partial charge in [0.1, 0.15) is 11.2 Å². The van der Waals surface area contributed by atoms with Crippen molar-refractivity contribution in [2.24, 2.45) is 0 Å². The molecule has 0 aliphatic carbocycles. The number of hydrogen-bond donors (Lipinski definition) is 0. The van der Waals surface area contributed by atoms with Crippen molar-refractivity contribution in [1.29, 1.82) is 0 Å². The van der Waals surface area contributed by atoms with Crippen molar-refractivity contribution in [3.8, 4) is 66.8 Å². The molecule has 0 aliphatic heterocycles. The number of para-hydroxylation sites is 1. The highest BCUT2D eigenvalue weighted by atomic mass is 16.3. The van der Waals surface area contributed by atoms with Gasteiger partial charge in [0.2, 0.25) is 0 Å². The minimum atomic E-state index is 0.891. The zero-order chi connectivity index (χ0) is 41.2. The molecule has 11 aromatic rings. The summed E-state index contributed by atoms with van der Waals surface area (Å²) in [5, 5.41) is 2.22. The molecule has 0 aliphatic rings. The minimum absolute atomic E-state index is 0.891. The number of benzene rings is 10. The van der Waals surface area contributed by atoms with Crippen LogP contribution in [0, 0.1) is 0 Å². The van der Waals surface area contributed by atoms with Crippen LogP contribution in [-0.2, 0) is 0 Å². The molecule has 10 aromatic carbocycles. The fraction of sp³-hybridized carbons (Fsp3) is 0. The Balaban J connectivity index is 0.988. The second kappa shape index (κ2) is 16.1. The first-order valence-electron chi connectivity index (χ1n) is 21.2. The van der Waals surface area contributed by atoms with E-state index in [0.717, 1.165) is 77.9 Å².